The maximum absolute atomic E-state index is 11.8. The molecule has 248 valence electrons. The van der Waals surface area contributed by atoms with Crippen LogP contribution in [0.25, 0.3) is 0 Å². The molecule has 2 aromatic carbocycles. The van der Waals surface area contributed by atoms with Crippen molar-refractivity contribution in [2.45, 2.75) is 121 Å². The Bertz CT molecular complexity index is 1160. The molecule has 7 nitrogen and oxygen atoms in total. The zero-order chi connectivity index (χ0) is 33.5. The topological polar surface area (TPSA) is 86.6 Å². The molecule has 0 aliphatic carbocycles. The zero-order valence-corrected chi connectivity index (χ0v) is 31.9. The Labute approximate surface area is 277 Å². The Balaban J connectivity index is 2.05. The van der Waals surface area contributed by atoms with Gasteiger partial charge in [0.1, 0.15) is 0 Å². The van der Waals surface area contributed by atoms with E-state index in [0.29, 0.717) is 6.61 Å². The van der Waals surface area contributed by atoms with Crippen LogP contribution in [0.2, 0.25) is 23.2 Å². The molecule has 12 heteroatoms. The SMILES string of the molecule is CCCCO[C@@H](CO[Si](c1ccccc1)(c1ccccc1)C(C)(C)C)C1OC(O)C(O[Si](C)(C)C(C)(C)C)C(O)[C@@H]1OB=BP. The number of ether oxygens (including phenoxy) is 2. The molecule has 0 bridgehead atoms. The molecular weight excluding hydrogens is 617 g/mol. The van der Waals surface area contributed by atoms with E-state index in [-0.39, 0.29) is 16.7 Å². The molecule has 0 radical (unpaired) electrons. The summed E-state index contributed by atoms with van der Waals surface area (Å²) in [5, 5.41) is 25.1. The molecule has 1 aliphatic rings. The van der Waals surface area contributed by atoms with Crippen LogP contribution in [-0.2, 0) is 23.0 Å². The van der Waals surface area contributed by atoms with Crippen LogP contribution in [0.1, 0.15) is 61.3 Å². The first-order valence-corrected chi connectivity index (χ1v) is 21.7. The molecule has 7 atom stereocenters. The van der Waals surface area contributed by atoms with Crippen LogP contribution >= 0.6 is 9.12 Å². The van der Waals surface area contributed by atoms with Crippen LogP contribution in [0, 0.1) is 0 Å². The summed E-state index contributed by atoms with van der Waals surface area (Å²) in [6, 6.07) is 20.9. The molecule has 1 heterocycles. The van der Waals surface area contributed by atoms with Crippen molar-refractivity contribution in [2.24, 2.45) is 0 Å². The van der Waals surface area contributed by atoms with Gasteiger partial charge in [-0.05, 0) is 0 Å². The second-order valence-corrected chi connectivity index (χ2v) is 23.9. The van der Waals surface area contributed by atoms with Gasteiger partial charge in [-0.3, -0.25) is 0 Å². The molecule has 2 N–H and O–H groups in total. The summed E-state index contributed by atoms with van der Waals surface area (Å²) >= 11 is 0. The Morgan fingerprint density at radius 3 is 1.91 bits per heavy atom. The molecule has 45 heavy (non-hydrogen) atoms. The van der Waals surface area contributed by atoms with E-state index < -0.39 is 53.4 Å². The average Bonchev–Trinajstić information content (AvgIpc) is 2.98. The number of rotatable bonds is 14. The van der Waals surface area contributed by atoms with E-state index in [1.807, 2.05) is 12.1 Å². The monoisotopic (exact) mass is 672 g/mol. The number of hydrogen-bond donors (Lipinski definition) is 2. The molecular formula is C33H55B2O7PSi2. The number of aliphatic hydroxyl groups excluding tert-OH is 2. The van der Waals surface area contributed by atoms with E-state index in [9.17, 15) is 10.2 Å². The third-order valence-corrected chi connectivity index (χ3v) is 18.8. The van der Waals surface area contributed by atoms with Crippen molar-refractivity contribution in [1.82, 2.24) is 0 Å². The molecule has 2 aromatic rings. The fourth-order valence-electron chi connectivity index (χ4n) is 5.69. The molecule has 3 rings (SSSR count). The number of unbranched alkanes of at least 4 members (excludes halogenated alkanes) is 1. The Morgan fingerprint density at radius 2 is 1.44 bits per heavy atom. The Kier molecular flexibility index (Phi) is 14.0. The second-order valence-electron chi connectivity index (χ2n) is 14.5. The molecule has 1 aliphatic heterocycles. The molecule has 0 saturated carbocycles. The molecule has 1 fully saturated rings. The van der Waals surface area contributed by atoms with Gasteiger partial charge in [0.05, 0.1) is 0 Å². The zero-order valence-electron chi connectivity index (χ0n) is 28.7. The van der Waals surface area contributed by atoms with E-state index in [2.05, 4.69) is 119 Å². The van der Waals surface area contributed by atoms with Crippen molar-refractivity contribution in [1.29, 1.82) is 0 Å². The second kappa shape index (κ2) is 16.4. The van der Waals surface area contributed by atoms with Gasteiger partial charge in [0, 0.05) is 0 Å². The molecule has 1 saturated heterocycles. The molecule has 5 unspecified atom stereocenters. The summed E-state index contributed by atoms with van der Waals surface area (Å²) in [7, 11) is -1.28. The number of benzene rings is 2. The predicted octanol–water partition coefficient (Wildman–Crippen LogP) is 4.63. The van der Waals surface area contributed by atoms with Gasteiger partial charge in [-0.2, -0.15) is 0 Å². The third kappa shape index (κ3) is 9.12. The van der Waals surface area contributed by atoms with Crippen molar-refractivity contribution in [3.05, 3.63) is 60.7 Å². The van der Waals surface area contributed by atoms with Gasteiger partial charge < -0.3 is 0 Å². The van der Waals surface area contributed by atoms with Crippen molar-refractivity contribution in [3.63, 3.8) is 0 Å². The van der Waals surface area contributed by atoms with E-state index in [1.165, 1.54) is 7.00 Å². The van der Waals surface area contributed by atoms with Crippen molar-refractivity contribution in [3.8, 4) is 0 Å². The summed E-state index contributed by atoms with van der Waals surface area (Å²) < 4.78 is 32.7. The quantitative estimate of drug-likeness (QED) is 0.172. The first-order valence-electron chi connectivity index (χ1n) is 16.2. The minimum atomic E-state index is -2.91. The van der Waals surface area contributed by atoms with E-state index >= 15 is 0 Å². The molecule has 0 spiro atoms. The van der Waals surface area contributed by atoms with Gasteiger partial charge >= 0.3 is 278 Å². The summed E-state index contributed by atoms with van der Waals surface area (Å²) in [5.41, 5.74) is 0. The summed E-state index contributed by atoms with van der Waals surface area (Å²) in [5.74, 6) is 0. The summed E-state index contributed by atoms with van der Waals surface area (Å²) in [6.45, 7) is 21.7. The third-order valence-electron chi connectivity index (χ3n) is 9.20. The number of hydrogen-bond acceptors (Lipinski definition) is 7. The maximum atomic E-state index is 11.8. The van der Waals surface area contributed by atoms with Crippen LogP contribution < -0.4 is 10.4 Å². The summed E-state index contributed by atoms with van der Waals surface area (Å²) in [6.07, 6.45) is -4.04. The number of aliphatic hydroxyl groups is 2. The fourth-order valence-corrected chi connectivity index (χ4v) is 11.6. The van der Waals surface area contributed by atoms with E-state index in [0.717, 1.165) is 23.2 Å². The Hall–Kier alpha value is -1.01. The van der Waals surface area contributed by atoms with Crippen LogP contribution in [0.4, 0.5) is 0 Å². The summed E-state index contributed by atoms with van der Waals surface area (Å²) in [4.78, 5) is 0. The minimum absolute atomic E-state index is 0.130. The van der Waals surface area contributed by atoms with Crippen LogP contribution in [-0.4, -0.2) is 90.4 Å². The average molecular weight is 673 g/mol. The first kappa shape index (κ1) is 38.4. The Morgan fingerprint density at radius 1 is 0.889 bits per heavy atom. The van der Waals surface area contributed by atoms with E-state index in [1.54, 1.807) is 6.52 Å². The van der Waals surface area contributed by atoms with E-state index in [4.69, 9.17) is 23.0 Å². The van der Waals surface area contributed by atoms with Crippen molar-refractivity contribution < 1.29 is 33.2 Å². The van der Waals surface area contributed by atoms with Crippen molar-refractivity contribution in [2.75, 3.05) is 13.2 Å². The van der Waals surface area contributed by atoms with Gasteiger partial charge in [0.15, 0.2) is 0 Å². The first-order chi connectivity index (χ1) is 21.1. The standard InChI is InChI=1S/C33H55B2O7PSi2/c1-10-11-22-38-26(23-39-45(33(5,6)7,24-18-14-12-15-19-24)25-20-16-13-17-21-25)28-29(41-34-35-43)27(36)30(31(37)40-28)42-44(8,9)32(2,3)4/h12-21,26-31,36-37H,10-11,22-23,43H2,1-9H3/t26-,27?,28?,29-,30?,31?/m0/s1. The van der Waals surface area contributed by atoms with Crippen LogP contribution in [0.15, 0.2) is 60.7 Å². The fraction of sp³-hybridized carbons (Fsp3) is 0.636. The molecule has 0 aromatic heterocycles. The van der Waals surface area contributed by atoms with Gasteiger partial charge in [-0.1, -0.05) is 0 Å². The van der Waals surface area contributed by atoms with Gasteiger partial charge in [-0.15, -0.1) is 0 Å². The predicted molar refractivity (Wildman–Crippen MR) is 193 cm³/mol. The van der Waals surface area contributed by atoms with Crippen LogP contribution in [0.3, 0.4) is 0 Å². The van der Waals surface area contributed by atoms with Gasteiger partial charge in [0.25, 0.3) is 0 Å². The van der Waals surface area contributed by atoms with Gasteiger partial charge in [-0.25, -0.2) is 0 Å². The van der Waals surface area contributed by atoms with Crippen molar-refractivity contribution >= 4 is 49.7 Å². The molecule has 0 amide bonds. The normalized spacial score (nSPS) is 23.8. The van der Waals surface area contributed by atoms with Crippen LogP contribution in [0.5, 0.6) is 0 Å². The van der Waals surface area contributed by atoms with Gasteiger partial charge in [0.2, 0.25) is 0 Å².